The largest absolute Gasteiger partial charge is 0.436 e. The van der Waals surface area contributed by atoms with E-state index in [1.54, 1.807) is 6.92 Å². The topological polar surface area (TPSA) is 58.4 Å². The van der Waals surface area contributed by atoms with Gasteiger partial charge in [0.1, 0.15) is 0 Å². The molecule has 112 valence electrons. The summed E-state index contributed by atoms with van der Waals surface area (Å²) in [6, 6.07) is 0.169. The molecule has 0 unspecified atom stereocenters. The van der Waals surface area contributed by atoms with Crippen molar-refractivity contribution in [3.63, 3.8) is 0 Å². The van der Waals surface area contributed by atoms with Gasteiger partial charge in [-0.05, 0) is 52.6 Å². The van der Waals surface area contributed by atoms with Gasteiger partial charge in [-0.2, -0.15) is 0 Å². The Balaban J connectivity index is 2.11. The monoisotopic (exact) mass is 279 g/mol. The van der Waals surface area contributed by atoms with E-state index in [1.807, 2.05) is 11.8 Å². The van der Waals surface area contributed by atoms with Crippen molar-refractivity contribution < 1.29 is 9.21 Å². The van der Waals surface area contributed by atoms with E-state index in [4.69, 9.17) is 4.42 Å². The molecule has 2 heterocycles. The van der Waals surface area contributed by atoms with Crippen LogP contribution < -0.4 is 5.32 Å². The molecule has 0 aromatic carbocycles. The average Bonchev–Trinajstić information content (AvgIpc) is 2.75. The molecule has 1 aromatic heterocycles. The minimum atomic E-state index is -0.0309. The molecule has 0 spiro atoms. The molecule has 0 atom stereocenters. The number of piperidine rings is 1. The van der Waals surface area contributed by atoms with E-state index in [-0.39, 0.29) is 11.9 Å². The lowest BCUT2D eigenvalue weighted by Crippen LogP contribution is -2.43. The fourth-order valence-corrected chi connectivity index (χ4v) is 2.73. The third-order valence-corrected chi connectivity index (χ3v) is 3.90. The first kappa shape index (κ1) is 15.0. The molecule has 1 saturated heterocycles. The summed E-state index contributed by atoms with van der Waals surface area (Å²) in [6.45, 7) is 10.6. The number of aryl methyl sites for hydroxylation is 2. The molecule has 1 N–H and O–H groups in total. The van der Waals surface area contributed by atoms with E-state index in [1.165, 1.54) is 0 Å². The molecule has 1 aliphatic heterocycles. The Bertz CT molecular complexity index is 462. The predicted octanol–water partition coefficient (Wildman–Crippen LogP) is 2.14. The summed E-state index contributed by atoms with van der Waals surface area (Å²) in [5.41, 5.74) is 0.684. The third-order valence-electron chi connectivity index (χ3n) is 3.90. The maximum absolute atomic E-state index is 12.7. The molecule has 1 fully saturated rings. The van der Waals surface area contributed by atoms with Crippen LogP contribution >= 0.6 is 0 Å². The van der Waals surface area contributed by atoms with Crippen molar-refractivity contribution in [1.82, 2.24) is 15.2 Å². The van der Waals surface area contributed by atoms with Crippen LogP contribution in [0.1, 0.15) is 48.8 Å². The highest BCUT2D eigenvalue weighted by Gasteiger charge is 2.27. The Kier molecular flexibility index (Phi) is 4.81. The number of oxazole rings is 1. The van der Waals surface area contributed by atoms with Gasteiger partial charge in [-0.1, -0.05) is 0 Å². The molecule has 1 aliphatic rings. The summed E-state index contributed by atoms with van der Waals surface area (Å²) in [5, 5.41) is 3.36. The van der Waals surface area contributed by atoms with E-state index in [0.29, 0.717) is 23.3 Å². The van der Waals surface area contributed by atoms with Crippen molar-refractivity contribution in [3.05, 3.63) is 17.3 Å². The van der Waals surface area contributed by atoms with Crippen molar-refractivity contribution in [3.8, 4) is 0 Å². The lowest BCUT2D eigenvalue weighted by Gasteiger charge is -2.32. The number of carbonyl (C=O) groups excluding carboxylic acids is 1. The van der Waals surface area contributed by atoms with Gasteiger partial charge in [0.25, 0.3) is 5.91 Å². The van der Waals surface area contributed by atoms with Gasteiger partial charge < -0.3 is 14.6 Å². The Hall–Kier alpha value is -1.36. The number of carbonyl (C=O) groups is 1. The summed E-state index contributed by atoms with van der Waals surface area (Å²) in [7, 11) is 0. The minimum Gasteiger partial charge on any atom is -0.436 e. The summed E-state index contributed by atoms with van der Waals surface area (Å²) >= 11 is 0. The van der Waals surface area contributed by atoms with Crippen molar-refractivity contribution in [2.75, 3.05) is 19.6 Å². The van der Waals surface area contributed by atoms with Gasteiger partial charge in [-0.25, -0.2) is 4.98 Å². The van der Waals surface area contributed by atoms with Crippen LogP contribution in [0.4, 0.5) is 0 Å². The molecule has 0 aliphatic carbocycles. The van der Waals surface area contributed by atoms with Gasteiger partial charge in [0.2, 0.25) is 5.76 Å². The second kappa shape index (κ2) is 6.39. The molecular formula is C15H25N3O2. The number of nitrogens with one attached hydrogen (secondary N) is 1. The van der Waals surface area contributed by atoms with Gasteiger partial charge in [0, 0.05) is 19.5 Å². The van der Waals surface area contributed by atoms with Crippen molar-refractivity contribution in [2.45, 2.75) is 46.6 Å². The average molecular weight is 279 g/mol. The summed E-state index contributed by atoms with van der Waals surface area (Å²) in [4.78, 5) is 18.8. The maximum Gasteiger partial charge on any atom is 0.291 e. The quantitative estimate of drug-likeness (QED) is 0.917. The van der Waals surface area contributed by atoms with E-state index >= 15 is 0 Å². The zero-order chi connectivity index (χ0) is 14.7. The first-order valence-electron chi connectivity index (χ1n) is 7.44. The minimum absolute atomic E-state index is 0.0309. The van der Waals surface area contributed by atoms with Crippen LogP contribution in [0.15, 0.2) is 4.42 Å². The van der Waals surface area contributed by atoms with Gasteiger partial charge in [0.05, 0.1) is 5.69 Å². The molecule has 5 nitrogen and oxygen atoms in total. The molecule has 1 amide bonds. The highest BCUT2D eigenvalue weighted by molar-refractivity contribution is 5.92. The van der Waals surface area contributed by atoms with Crippen LogP contribution in [-0.2, 0) is 0 Å². The van der Waals surface area contributed by atoms with Crippen LogP contribution in [0.5, 0.6) is 0 Å². The molecule has 2 rings (SSSR count). The third kappa shape index (κ3) is 3.39. The Morgan fingerprint density at radius 2 is 2.05 bits per heavy atom. The SMILES string of the molecule is Cc1nc(C)c(C(=O)N(CC2CCNCC2)C(C)C)o1. The molecule has 0 saturated carbocycles. The Morgan fingerprint density at radius 3 is 2.55 bits per heavy atom. The molecule has 20 heavy (non-hydrogen) atoms. The Labute approximate surface area is 120 Å². The molecule has 5 heteroatoms. The molecule has 0 bridgehead atoms. The highest BCUT2D eigenvalue weighted by Crippen LogP contribution is 2.19. The second-order valence-corrected chi connectivity index (χ2v) is 5.89. The first-order valence-corrected chi connectivity index (χ1v) is 7.44. The van der Waals surface area contributed by atoms with Gasteiger partial charge >= 0.3 is 0 Å². The first-order chi connectivity index (χ1) is 9.49. The number of nitrogens with zero attached hydrogens (tertiary/aromatic N) is 2. The summed E-state index contributed by atoms with van der Waals surface area (Å²) in [6.07, 6.45) is 2.26. The van der Waals surface area contributed by atoms with E-state index in [2.05, 4.69) is 24.1 Å². The fourth-order valence-electron chi connectivity index (χ4n) is 2.73. The Morgan fingerprint density at radius 1 is 1.40 bits per heavy atom. The van der Waals surface area contributed by atoms with E-state index < -0.39 is 0 Å². The van der Waals surface area contributed by atoms with Gasteiger partial charge in [-0.3, -0.25) is 4.79 Å². The molecule has 1 aromatic rings. The number of aromatic nitrogens is 1. The number of amides is 1. The zero-order valence-electron chi connectivity index (χ0n) is 12.9. The van der Waals surface area contributed by atoms with Gasteiger partial charge in [0.15, 0.2) is 5.89 Å². The van der Waals surface area contributed by atoms with Crippen LogP contribution in [0.3, 0.4) is 0 Å². The summed E-state index contributed by atoms with van der Waals surface area (Å²) in [5.74, 6) is 1.49. The molecule has 0 radical (unpaired) electrons. The van der Waals surface area contributed by atoms with Crippen molar-refractivity contribution in [2.24, 2.45) is 5.92 Å². The van der Waals surface area contributed by atoms with Crippen LogP contribution in [0.2, 0.25) is 0 Å². The van der Waals surface area contributed by atoms with Crippen molar-refractivity contribution in [1.29, 1.82) is 0 Å². The van der Waals surface area contributed by atoms with E-state index in [9.17, 15) is 4.79 Å². The smallest absolute Gasteiger partial charge is 0.291 e. The highest BCUT2D eigenvalue weighted by atomic mass is 16.4. The standard InChI is InChI=1S/C15H25N3O2/c1-10(2)18(9-13-5-7-16-8-6-13)15(19)14-11(3)17-12(4)20-14/h10,13,16H,5-9H2,1-4H3. The fraction of sp³-hybridized carbons (Fsp3) is 0.733. The summed E-state index contributed by atoms with van der Waals surface area (Å²) < 4.78 is 5.48. The maximum atomic E-state index is 12.7. The molecular weight excluding hydrogens is 254 g/mol. The number of rotatable bonds is 4. The lowest BCUT2D eigenvalue weighted by molar-refractivity contribution is 0.0623. The number of hydrogen-bond donors (Lipinski definition) is 1. The van der Waals surface area contributed by atoms with Crippen molar-refractivity contribution >= 4 is 5.91 Å². The van der Waals surface area contributed by atoms with E-state index in [0.717, 1.165) is 32.5 Å². The zero-order valence-corrected chi connectivity index (χ0v) is 12.9. The second-order valence-electron chi connectivity index (χ2n) is 5.89. The predicted molar refractivity (Wildman–Crippen MR) is 77.7 cm³/mol. The van der Waals surface area contributed by atoms with Crippen LogP contribution in [0.25, 0.3) is 0 Å². The van der Waals surface area contributed by atoms with Crippen LogP contribution in [0, 0.1) is 19.8 Å². The lowest BCUT2D eigenvalue weighted by atomic mass is 9.97. The van der Waals surface area contributed by atoms with Crippen LogP contribution in [-0.4, -0.2) is 41.5 Å². The normalized spacial score (nSPS) is 16.6. The van der Waals surface area contributed by atoms with Gasteiger partial charge in [-0.15, -0.1) is 0 Å². The number of hydrogen-bond acceptors (Lipinski definition) is 4.